The SMILES string of the molecule is Cc1nc(C(C)Nc2cccc(Cl)c2C)c(C)s1. The summed E-state index contributed by atoms with van der Waals surface area (Å²) in [6.45, 7) is 8.31. The van der Waals surface area contributed by atoms with Gasteiger partial charge < -0.3 is 5.32 Å². The van der Waals surface area contributed by atoms with Crippen LogP contribution in [0.15, 0.2) is 18.2 Å². The van der Waals surface area contributed by atoms with Crippen LogP contribution in [0, 0.1) is 20.8 Å². The van der Waals surface area contributed by atoms with E-state index in [1.54, 1.807) is 11.3 Å². The highest BCUT2D eigenvalue weighted by Crippen LogP contribution is 2.29. The number of anilines is 1. The Morgan fingerprint density at radius 1 is 1.28 bits per heavy atom. The molecule has 0 aliphatic rings. The second-order valence-electron chi connectivity index (χ2n) is 4.45. The van der Waals surface area contributed by atoms with Crippen molar-refractivity contribution < 1.29 is 0 Å². The van der Waals surface area contributed by atoms with Crippen molar-refractivity contribution in [1.29, 1.82) is 0 Å². The zero-order chi connectivity index (χ0) is 13.3. The summed E-state index contributed by atoms with van der Waals surface area (Å²) < 4.78 is 0. The van der Waals surface area contributed by atoms with Gasteiger partial charge in [0.15, 0.2) is 0 Å². The normalized spacial score (nSPS) is 12.5. The van der Waals surface area contributed by atoms with Crippen molar-refractivity contribution in [2.24, 2.45) is 0 Å². The number of halogens is 1. The molecule has 2 rings (SSSR count). The Hall–Kier alpha value is -1.06. The predicted molar refractivity (Wildman–Crippen MR) is 79.8 cm³/mol. The minimum absolute atomic E-state index is 0.187. The van der Waals surface area contributed by atoms with E-state index < -0.39 is 0 Å². The number of benzene rings is 1. The molecule has 0 amide bonds. The summed E-state index contributed by atoms with van der Waals surface area (Å²) in [5.41, 5.74) is 3.27. The summed E-state index contributed by atoms with van der Waals surface area (Å²) in [6, 6.07) is 6.10. The number of thiazole rings is 1. The van der Waals surface area contributed by atoms with E-state index >= 15 is 0 Å². The number of aromatic nitrogens is 1. The van der Waals surface area contributed by atoms with Crippen LogP contribution in [0.25, 0.3) is 0 Å². The van der Waals surface area contributed by atoms with Crippen molar-refractivity contribution in [3.63, 3.8) is 0 Å². The number of aryl methyl sites for hydroxylation is 2. The maximum Gasteiger partial charge on any atom is 0.0901 e. The Kier molecular flexibility index (Phi) is 3.93. The van der Waals surface area contributed by atoms with E-state index in [-0.39, 0.29) is 6.04 Å². The van der Waals surface area contributed by atoms with Crippen molar-refractivity contribution in [3.05, 3.63) is 44.4 Å². The lowest BCUT2D eigenvalue weighted by Gasteiger charge is -2.16. The first-order chi connectivity index (χ1) is 8.49. The van der Waals surface area contributed by atoms with E-state index in [2.05, 4.69) is 24.1 Å². The number of rotatable bonds is 3. The van der Waals surface area contributed by atoms with Crippen LogP contribution in [0.4, 0.5) is 5.69 Å². The van der Waals surface area contributed by atoms with Crippen molar-refractivity contribution in [3.8, 4) is 0 Å². The summed E-state index contributed by atoms with van der Waals surface area (Å²) in [5.74, 6) is 0. The van der Waals surface area contributed by atoms with E-state index in [4.69, 9.17) is 11.6 Å². The first kappa shape index (κ1) is 13.4. The second kappa shape index (κ2) is 5.29. The van der Waals surface area contributed by atoms with E-state index in [1.807, 2.05) is 32.0 Å². The van der Waals surface area contributed by atoms with Gasteiger partial charge in [0.05, 0.1) is 16.7 Å². The largest absolute Gasteiger partial charge is 0.377 e. The van der Waals surface area contributed by atoms with Crippen LogP contribution in [-0.4, -0.2) is 4.98 Å². The molecule has 0 spiro atoms. The Morgan fingerprint density at radius 2 is 2.00 bits per heavy atom. The fraction of sp³-hybridized carbons (Fsp3) is 0.357. The third-order valence-electron chi connectivity index (χ3n) is 2.99. The first-order valence-electron chi connectivity index (χ1n) is 5.94. The molecule has 1 heterocycles. The number of nitrogens with zero attached hydrogens (tertiary/aromatic N) is 1. The smallest absolute Gasteiger partial charge is 0.0901 e. The molecule has 1 N–H and O–H groups in total. The maximum absolute atomic E-state index is 6.13. The molecule has 0 aliphatic carbocycles. The molecule has 0 saturated carbocycles. The van der Waals surface area contributed by atoms with Gasteiger partial charge in [-0.2, -0.15) is 0 Å². The van der Waals surface area contributed by atoms with Crippen molar-refractivity contribution in [2.45, 2.75) is 33.7 Å². The third-order valence-corrected chi connectivity index (χ3v) is 4.30. The highest BCUT2D eigenvalue weighted by molar-refractivity contribution is 7.11. The van der Waals surface area contributed by atoms with Gasteiger partial charge in [0, 0.05) is 15.6 Å². The molecule has 1 aromatic heterocycles. The van der Waals surface area contributed by atoms with Gasteiger partial charge in [-0.15, -0.1) is 11.3 Å². The fourth-order valence-electron chi connectivity index (χ4n) is 2.01. The van der Waals surface area contributed by atoms with Crippen LogP contribution in [0.5, 0.6) is 0 Å². The molecule has 2 nitrogen and oxygen atoms in total. The zero-order valence-corrected chi connectivity index (χ0v) is 12.6. The van der Waals surface area contributed by atoms with Gasteiger partial charge in [0.1, 0.15) is 0 Å². The lowest BCUT2D eigenvalue weighted by molar-refractivity contribution is 0.835. The van der Waals surface area contributed by atoms with Gasteiger partial charge in [-0.3, -0.25) is 0 Å². The fourth-order valence-corrected chi connectivity index (χ4v) is 3.10. The third kappa shape index (κ3) is 2.68. The van der Waals surface area contributed by atoms with E-state index in [9.17, 15) is 0 Å². The number of hydrogen-bond acceptors (Lipinski definition) is 3. The first-order valence-corrected chi connectivity index (χ1v) is 7.14. The summed E-state index contributed by atoms with van der Waals surface area (Å²) >= 11 is 7.86. The van der Waals surface area contributed by atoms with Crippen LogP contribution >= 0.6 is 22.9 Å². The average molecular weight is 281 g/mol. The topological polar surface area (TPSA) is 24.9 Å². The summed E-state index contributed by atoms with van der Waals surface area (Å²) in [7, 11) is 0. The molecule has 0 fully saturated rings. The molecule has 0 aliphatic heterocycles. The monoisotopic (exact) mass is 280 g/mol. The summed E-state index contributed by atoms with van der Waals surface area (Å²) in [5, 5.41) is 5.38. The van der Waals surface area contributed by atoms with Gasteiger partial charge in [0.25, 0.3) is 0 Å². The zero-order valence-electron chi connectivity index (χ0n) is 11.0. The molecule has 1 aromatic carbocycles. The Balaban J connectivity index is 2.24. The van der Waals surface area contributed by atoms with Crippen LogP contribution < -0.4 is 5.32 Å². The Morgan fingerprint density at radius 3 is 2.61 bits per heavy atom. The van der Waals surface area contributed by atoms with Gasteiger partial charge in [-0.25, -0.2) is 4.98 Å². The van der Waals surface area contributed by atoms with Gasteiger partial charge in [-0.05, 0) is 45.4 Å². The summed E-state index contributed by atoms with van der Waals surface area (Å²) in [4.78, 5) is 5.85. The van der Waals surface area contributed by atoms with Crippen molar-refractivity contribution in [1.82, 2.24) is 4.98 Å². The van der Waals surface area contributed by atoms with Crippen molar-refractivity contribution >= 4 is 28.6 Å². The van der Waals surface area contributed by atoms with Crippen LogP contribution in [-0.2, 0) is 0 Å². The Bertz CT molecular complexity index is 563. The molecule has 0 bridgehead atoms. The molecule has 0 radical (unpaired) electrons. The minimum Gasteiger partial charge on any atom is -0.377 e. The molecule has 1 unspecified atom stereocenters. The molecular weight excluding hydrogens is 264 g/mol. The summed E-state index contributed by atoms with van der Waals surface area (Å²) in [6.07, 6.45) is 0. The number of hydrogen-bond donors (Lipinski definition) is 1. The molecule has 2 aromatic rings. The minimum atomic E-state index is 0.187. The van der Waals surface area contributed by atoms with E-state index in [0.29, 0.717) is 0 Å². The van der Waals surface area contributed by atoms with Crippen LogP contribution in [0.1, 0.15) is 34.1 Å². The van der Waals surface area contributed by atoms with Crippen LogP contribution in [0.2, 0.25) is 5.02 Å². The number of nitrogens with one attached hydrogen (secondary N) is 1. The predicted octanol–water partition coefficient (Wildman–Crippen LogP) is 4.89. The van der Waals surface area contributed by atoms with E-state index in [0.717, 1.165) is 27.0 Å². The van der Waals surface area contributed by atoms with Gasteiger partial charge >= 0.3 is 0 Å². The highest BCUT2D eigenvalue weighted by atomic mass is 35.5. The average Bonchev–Trinajstić information content (AvgIpc) is 2.64. The molecule has 96 valence electrons. The standard InChI is InChI=1S/C14H17ClN2S/c1-8-12(15)6-5-7-13(8)16-9(2)14-10(3)18-11(4)17-14/h5-7,9,16H,1-4H3. The van der Waals surface area contributed by atoms with Gasteiger partial charge in [-0.1, -0.05) is 17.7 Å². The molecule has 0 saturated heterocycles. The van der Waals surface area contributed by atoms with Gasteiger partial charge in [0.2, 0.25) is 0 Å². The Labute approximate surface area is 117 Å². The molecule has 18 heavy (non-hydrogen) atoms. The van der Waals surface area contributed by atoms with E-state index in [1.165, 1.54) is 4.88 Å². The lowest BCUT2D eigenvalue weighted by atomic mass is 10.1. The van der Waals surface area contributed by atoms with Crippen LogP contribution in [0.3, 0.4) is 0 Å². The second-order valence-corrected chi connectivity index (χ2v) is 6.27. The quantitative estimate of drug-likeness (QED) is 0.865. The highest BCUT2D eigenvalue weighted by Gasteiger charge is 2.14. The maximum atomic E-state index is 6.13. The molecule has 4 heteroatoms. The lowest BCUT2D eigenvalue weighted by Crippen LogP contribution is -2.09. The molecular formula is C14H17ClN2S. The van der Waals surface area contributed by atoms with Crippen molar-refractivity contribution in [2.75, 3.05) is 5.32 Å². The molecule has 1 atom stereocenters.